The van der Waals surface area contributed by atoms with Crippen LogP contribution in [0.25, 0.3) is 0 Å². The van der Waals surface area contributed by atoms with Crippen LogP contribution in [-0.4, -0.2) is 15.0 Å². The van der Waals surface area contributed by atoms with Crippen molar-refractivity contribution in [2.75, 3.05) is 0 Å². The standard InChI is InChI=1S/C3H2N3S2/c7-8-3-5-1-4-2-6-3/h1-2H. The summed E-state index contributed by atoms with van der Waals surface area (Å²) in [5.41, 5.74) is 0. The Bertz CT molecular complexity index is 154. The normalized spacial score (nSPS) is 9.12. The van der Waals surface area contributed by atoms with E-state index in [1.54, 1.807) is 0 Å². The van der Waals surface area contributed by atoms with E-state index in [-0.39, 0.29) is 0 Å². The summed E-state index contributed by atoms with van der Waals surface area (Å²) in [6.07, 6.45) is 2.84. The van der Waals surface area contributed by atoms with Gasteiger partial charge in [0.15, 0.2) is 0 Å². The van der Waals surface area contributed by atoms with Crippen molar-refractivity contribution in [2.24, 2.45) is 0 Å². The average Bonchev–Trinajstić information content (AvgIpc) is 1.90. The first-order valence-corrected chi connectivity index (χ1v) is 3.59. The Morgan fingerprint density at radius 1 is 1.38 bits per heavy atom. The summed E-state index contributed by atoms with van der Waals surface area (Å²) in [7, 11) is 1.09. The highest BCUT2D eigenvalue weighted by Gasteiger charge is 1.87. The molecule has 0 saturated heterocycles. The van der Waals surface area contributed by atoms with Crippen molar-refractivity contribution >= 4 is 22.5 Å². The largest absolute Gasteiger partial charge is 0.225 e. The summed E-state index contributed by atoms with van der Waals surface area (Å²) >= 11 is 4.58. The maximum absolute atomic E-state index is 4.58. The van der Waals surface area contributed by atoms with Crippen molar-refractivity contribution in [1.29, 1.82) is 0 Å². The van der Waals surface area contributed by atoms with Crippen LogP contribution in [0, 0.1) is 0 Å². The molecule has 1 rings (SSSR count). The van der Waals surface area contributed by atoms with Crippen LogP contribution in [0.1, 0.15) is 0 Å². The van der Waals surface area contributed by atoms with E-state index in [1.807, 2.05) is 0 Å². The first kappa shape index (κ1) is 5.84. The molecule has 0 aliphatic carbocycles. The van der Waals surface area contributed by atoms with Gasteiger partial charge in [-0.25, -0.2) is 15.0 Å². The van der Waals surface area contributed by atoms with Crippen LogP contribution in [0.3, 0.4) is 0 Å². The minimum absolute atomic E-state index is 0.579. The van der Waals surface area contributed by atoms with Gasteiger partial charge in [0.05, 0.1) is 0 Å². The number of aromatic nitrogens is 3. The minimum Gasteiger partial charge on any atom is -0.225 e. The molecule has 0 spiro atoms. The molecule has 0 aliphatic heterocycles. The Kier molecular flexibility index (Phi) is 2.11. The Morgan fingerprint density at radius 2 is 2.00 bits per heavy atom. The summed E-state index contributed by atoms with van der Waals surface area (Å²) in [6.45, 7) is 0. The molecule has 3 nitrogen and oxygen atoms in total. The van der Waals surface area contributed by atoms with Crippen molar-refractivity contribution in [3.63, 3.8) is 0 Å². The Hall–Kier alpha value is -0.290. The molecule has 1 aromatic rings. The highest BCUT2D eigenvalue weighted by atomic mass is 33.1. The lowest BCUT2D eigenvalue weighted by atomic mass is 11.1. The van der Waals surface area contributed by atoms with E-state index in [0.29, 0.717) is 5.16 Å². The van der Waals surface area contributed by atoms with Crippen LogP contribution >= 0.6 is 22.5 Å². The van der Waals surface area contributed by atoms with Crippen LogP contribution < -0.4 is 0 Å². The molecule has 0 N–H and O–H groups in total. The Morgan fingerprint density at radius 3 is 2.38 bits per heavy atom. The maximum Gasteiger partial charge on any atom is 0.202 e. The zero-order valence-electron chi connectivity index (χ0n) is 3.81. The van der Waals surface area contributed by atoms with Crippen molar-refractivity contribution in [2.45, 2.75) is 5.16 Å². The van der Waals surface area contributed by atoms with Gasteiger partial charge in [-0.2, -0.15) is 0 Å². The monoisotopic (exact) mass is 144 g/mol. The first-order valence-electron chi connectivity index (χ1n) is 1.85. The van der Waals surface area contributed by atoms with Gasteiger partial charge in [-0.05, 0) is 22.5 Å². The predicted molar refractivity (Wildman–Crippen MR) is 33.3 cm³/mol. The average molecular weight is 144 g/mol. The number of hydrogen-bond acceptors (Lipinski definition) is 4. The highest BCUT2D eigenvalue weighted by molar-refractivity contribution is 8.68. The van der Waals surface area contributed by atoms with Crippen LogP contribution in [0.5, 0.6) is 0 Å². The minimum atomic E-state index is 0.579. The fourth-order valence-corrected chi connectivity index (χ4v) is 0.710. The van der Waals surface area contributed by atoms with E-state index < -0.39 is 0 Å². The lowest BCUT2D eigenvalue weighted by molar-refractivity contribution is 0.907. The molecular weight excluding hydrogens is 142 g/mol. The van der Waals surface area contributed by atoms with Crippen LogP contribution in [-0.2, 0) is 0 Å². The summed E-state index contributed by atoms with van der Waals surface area (Å²) in [4.78, 5) is 11.1. The molecule has 0 atom stereocenters. The van der Waals surface area contributed by atoms with Gasteiger partial charge in [-0.15, -0.1) is 0 Å². The van der Waals surface area contributed by atoms with Gasteiger partial charge in [0, 0.05) is 0 Å². The smallest absolute Gasteiger partial charge is 0.202 e. The number of rotatable bonds is 1. The lowest BCUT2D eigenvalue weighted by Gasteiger charge is -1.84. The van der Waals surface area contributed by atoms with E-state index in [0.717, 1.165) is 10.8 Å². The van der Waals surface area contributed by atoms with Gasteiger partial charge >= 0.3 is 0 Å². The van der Waals surface area contributed by atoms with E-state index in [1.165, 1.54) is 12.7 Å². The third-order valence-corrected chi connectivity index (χ3v) is 1.35. The number of nitrogens with zero attached hydrogens (tertiary/aromatic N) is 3. The molecule has 1 heterocycles. The van der Waals surface area contributed by atoms with Crippen molar-refractivity contribution < 1.29 is 0 Å². The summed E-state index contributed by atoms with van der Waals surface area (Å²) < 4.78 is 0. The second kappa shape index (κ2) is 2.88. The van der Waals surface area contributed by atoms with Crippen molar-refractivity contribution in [3.05, 3.63) is 12.7 Å². The molecule has 0 unspecified atom stereocenters. The molecule has 0 bridgehead atoms. The topological polar surface area (TPSA) is 38.7 Å². The van der Waals surface area contributed by atoms with Gasteiger partial charge in [-0.1, -0.05) is 0 Å². The fraction of sp³-hybridized carbons (Fsp3) is 0. The SMILES string of the molecule is [S]Sc1ncncn1. The third-order valence-electron chi connectivity index (χ3n) is 0.544. The van der Waals surface area contributed by atoms with Crippen LogP contribution in [0.4, 0.5) is 0 Å². The molecule has 0 saturated carbocycles. The molecule has 41 valence electrons. The van der Waals surface area contributed by atoms with Gasteiger partial charge in [0.2, 0.25) is 5.16 Å². The van der Waals surface area contributed by atoms with Crippen LogP contribution in [0.15, 0.2) is 17.8 Å². The zero-order chi connectivity index (χ0) is 5.82. The van der Waals surface area contributed by atoms with Crippen LogP contribution in [0.2, 0.25) is 0 Å². The molecule has 1 aromatic heterocycles. The van der Waals surface area contributed by atoms with Gasteiger partial charge < -0.3 is 0 Å². The molecule has 1 radical (unpaired) electrons. The highest BCUT2D eigenvalue weighted by Crippen LogP contribution is 2.12. The molecule has 0 fully saturated rings. The number of hydrogen-bond donors (Lipinski definition) is 0. The Labute approximate surface area is 55.8 Å². The molecule has 0 aromatic carbocycles. The summed E-state index contributed by atoms with van der Waals surface area (Å²) in [5.74, 6) is 0. The summed E-state index contributed by atoms with van der Waals surface area (Å²) in [6, 6.07) is 0. The summed E-state index contributed by atoms with van der Waals surface area (Å²) in [5, 5.41) is 0.579. The molecule has 8 heavy (non-hydrogen) atoms. The van der Waals surface area contributed by atoms with Crippen molar-refractivity contribution in [3.8, 4) is 0 Å². The van der Waals surface area contributed by atoms with E-state index in [2.05, 4.69) is 26.6 Å². The zero-order valence-corrected chi connectivity index (χ0v) is 5.45. The second-order valence-corrected chi connectivity index (χ2v) is 2.04. The third kappa shape index (κ3) is 1.34. The predicted octanol–water partition coefficient (Wildman–Crippen LogP) is 1.08. The van der Waals surface area contributed by atoms with Gasteiger partial charge in [0.25, 0.3) is 0 Å². The Balaban J connectivity index is 2.83. The lowest BCUT2D eigenvalue weighted by Crippen LogP contribution is -1.82. The quantitative estimate of drug-likeness (QED) is 0.553. The van der Waals surface area contributed by atoms with Crippen molar-refractivity contribution in [1.82, 2.24) is 15.0 Å². The first-order chi connectivity index (χ1) is 3.93. The fourth-order valence-electron chi connectivity index (χ4n) is 0.272. The van der Waals surface area contributed by atoms with Gasteiger partial charge in [0.1, 0.15) is 12.7 Å². The van der Waals surface area contributed by atoms with E-state index in [9.17, 15) is 0 Å². The second-order valence-electron chi connectivity index (χ2n) is 1.00. The van der Waals surface area contributed by atoms with Gasteiger partial charge in [-0.3, -0.25) is 0 Å². The maximum atomic E-state index is 4.58. The van der Waals surface area contributed by atoms with E-state index in [4.69, 9.17) is 0 Å². The molecular formula is C3H2N3S2. The molecule has 5 heteroatoms. The molecule has 0 amide bonds. The van der Waals surface area contributed by atoms with E-state index >= 15 is 0 Å². The molecule has 0 aliphatic rings.